The SMILES string of the molecule is CCOC(=O)CN(C(=O)C(F)(F)F)C(Oc1ccccc1S)(Oc1ccccc1S)P=S. The van der Waals surface area contributed by atoms with Crippen LogP contribution in [0.4, 0.5) is 13.2 Å². The van der Waals surface area contributed by atoms with Crippen molar-refractivity contribution < 1.29 is 37.0 Å². The summed E-state index contributed by atoms with van der Waals surface area (Å²) in [6.07, 6.45) is -5.37. The van der Waals surface area contributed by atoms with E-state index in [1.54, 1.807) is 12.1 Å². The summed E-state index contributed by atoms with van der Waals surface area (Å²) in [6.45, 7) is 0.207. The maximum atomic E-state index is 13.5. The van der Waals surface area contributed by atoms with Crippen LogP contribution >= 0.6 is 32.6 Å². The van der Waals surface area contributed by atoms with Crippen LogP contribution < -0.4 is 9.47 Å². The average molecular weight is 524 g/mol. The number of esters is 1. The molecule has 0 saturated carbocycles. The summed E-state index contributed by atoms with van der Waals surface area (Å²) in [4.78, 5) is 25.0. The van der Waals surface area contributed by atoms with Gasteiger partial charge in [-0.05, 0) is 43.0 Å². The third kappa shape index (κ3) is 6.50. The van der Waals surface area contributed by atoms with Gasteiger partial charge in [-0.1, -0.05) is 24.3 Å². The van der Waals surface area contributed by atoms with Crippen molar-refractivity contribution in [2.24, 2.45) is 0 Å². The molecule has 6 nitrogen and oxygen atoms in total. The molecule has 13 heteroatoms. The lowest BCUT2D eigenvalue weighted by Crippen LogP contribution is -2.60. The van der Waals surface area contributed by atoms with Crippen molar-refractivity contribution in [1.82, 2.24) is 4.90 Å². The number of amides is 1. The fraction of sp³-hybridized carbons (Fsp3) is 0.263. The zero-order valence-corrected chi connectivity index (χ0v) is 19.9. The summed E-state index contributed by atoms with van der Waals surface area (Å²) >= 11 is 13.5. The van der Waals surface area contributed by atoms with Crippen molar-refractivity contribution in [2.75, 3.05) is 13.2 Å². The van der Waals surface area contributed by atoms with Crippen molar-refractivity contribution >= 4 is 56.3 Å². The van der Waals surface area contributed by atoms with Crippen molar-refractivity contribution in [3.05, 3.63) is 48.5 Å². The van der Waals surface area contributed by atoms with Crippen LogP contribution in [0.25, 0.3) is 0 Å². The van der Waals surface area contributed by atoms with Gasteiger partial charge in [0.2, 0.25) is 0 Å². The van der Waals surface area contributed by atoms with Crippen LogP contribution in [0.5, 0.6) is 11.5 Å². The highest BCUT2D eigenvalue weighted by Gasteiger charge is 2.54. The van der Waals surface area contributed by atoms with Gasteiger partial charge < -0.3 is 14.2 Å². The van der Waals surface area contributed by atoms with Crippen molar-refractivity contribution in [1.29, 1.82) is 0 Å². The normalized spacial score (nSPS) is 11.7. The zero-order chi connectivity index (χ0) is 23.9. The molecule has 0 aliphatic heterocycles. The van der Waals surface area contributed by atoms with Gasteiger partial charge in [0.15, 0.2) is 0 Å². The monoisotopic (exact) mass is 523 g/mol. The summed E-state index contributed by atoms with van der Waals surface area (Å²) in [5, 5.41) is 0. The predicted octanol–water partition coefficient (Wildman–Crippen LogP) is 4.70. The summed E-state index contributed by atoms with van der Waals surface area (Å²) in [7, 11) is -0.405. The third-order valence-electron chi connectivity index (χ3n) is 3.75. The lowest BCUT2D eigenvalue weighted by molar-refractivity contribution is -0.218. The van der Waals surface area contributed by atoms with Crippen LogP contribution in [-0.4, -0.2) is 41.8 Å². The summed E-state index contributed by atoms with van der Waals surface area (Å²) in [5.41, 5.74) is -2.59. The number of hydrogen-bond donors (Lipinski definition) is 2. The first kappa shape index (κ1) is 26.2. The van der Waals surface area contributed by atoms with Crippen LogP contribution in [0.1, 0.15) is 6.92 Å². The molecule has 32 heavy (non-hydrogen) atoms. The number of rotatable bonds is 9. The Bertz CT molecular complexity index is 945. The van der Waals surface area contributed by atoms with Crippen LogP contribution in [0.15, 0.2) is 58.3 Å². The molecule has 2 aromatic rings. The number of para-hydroxylation sites is 2. The first-order valence-corrected chi connectivity index (χ1v) is 11.7. The molecule has 0 bridgehead atoms. The van der Waals surface area contributed by atoms with E-state index in [-0.39, 0.29) is 32.8 Å². The number of benzene rings is 2. The molecule has 2 rings (SSSR count). The van der Waals surface area contributed by atoms with E-state index in [1.165, 1.54) is 43.3 Å². The Kier molecular flexibility index (Phi) is 9.20. The topological polar surface area (TPSA) is 65.1 Å². The minimum Gasteiger partial charge on any atom is -0.465 e. The molecule has 0 atom stereocenters. The van der Waals surface area contributed by atoms with Gasteiger partial charge in [-0.15, -0.1) is 25.3 Å². The summed E-state index contributed by atoms with van der Waals surface area (Å²) in [6, 6.07) is 12.1. The van der Waals surface area contributed by atoms with E-state index in [0.717, 1.165) is 0 Å². The number of carbonyl (C=O) groups excluding carboxylic acids is 2. The fourth-order valence-corrected chi connectivity index (χ4v) is 3.84. The molecule has 0 aliphatic carbocycles. The second kappa shape index (κ2) is 11.2. The first-order valence-electron chi connectivity index (χ1n) is 8.87. The van der Waals surface area contributed by atoms with E-state index in [9.17, 15) is 22.8 Å². The number of halogens is 3. The predicted molar refractivity (Wildman–Crippen MR) is 120 cm³/mol. The lowest BCUT2D eigenvalue weighted by Gasteiger charge is -2.39. The van der Waals surface area contributed by atoms with Gasteiger partial charge in [-0.25, -0.2) is 4.90 Å². The molecule has 0 aromatic heterocycles. The molecule has 1 amide bonds. The minimum absolute atomic E-state index is 0.0336. The van der Waals surface area contributed by atoms with Crippen molar-refractivity contribution in [2.45, 2.75) is 28.5 Å². The Morgan fingerprint density at radius 1 is 1.00 bits per heavy atom. The van der Waals surface area contributed by atoms with E-state index in [2.05, 4.69) is 25.3 Å². The van der Waals surface area contributed by atoms with E-state index in [4.69, 9.17) is 26.0 Å². The van der Waals surface area contributed by atoms with Crippen molar-refractivity contribution in [3.63, 3.8) is 0 Å². The van der Waals surface area contributed by atoms with Gasteiger partial charge in [0.25, 0.3) is 0 Å². The second-order valence-corrected chi connectivity index (χ2v) is 8.23. The van der Waals surface area contributed by atoms with Crippen LogP contribution in [0, 0.1) is 0 Å². The van der Waals surface area contributed by atoms with Gasteiger partial charge in [-0.2, -0.15) is 13.2 Å². The second-order valence-electron chi connectivity index (χ2n) is 5.97. The standard InChI is InChI=1S/C19H17F3NO5PS3/c1-2-26-16(24)11-23(17(25)18(20,21)22)19(29-32,27-12-7-3-5-9-14(12)30)28-13-8-4-6-10-15(13)31/h3-10,30-31H,2,11H2,1H3. The Hall–Kier alpha value is -2.01. The molecule has 0 radical (unpaired) electrons. The molecule has 0 saturated heterocycles. The molecule has 0 aliphatic rings. The van der Waals surface area contributed by atoms with Gasteiger partial charge >= 0.3 is 23.7 Å². The summed E-state index contributed by atoms with van der Waals surface area (Å²) < 4.78 is 56.8. The van der Waals surface area contributed by atoms with Gasteiger partial charge in [0, 0.05) is 9.79 Å². The largest absolute Gasteiger partial charge is 0.471 e. The van der Waals surface area contributed by atoms with Gasteiger partial charge in [0.1, 0.15) is 18.0 Å². The number of hydrogen-bond acceptors (Lipinski definition) is 8. The van der Waals surface area contributed by atoms with E-state index < -0.39 is 37.6 Å². The molecule has 0 heterocycles. The Labute approximate surface area is 199 Å². The molecule has 172 valence electrons. The average Bonchev–Trinajstić information content (AvgIpc) is 2.73. The van der Waals surface area contributed by atoms with E-state index >= 15 is 0 Å². The molecule has 0 spiro atoms. The number of ether oxygens (including phenoxy) is 3. The highest BCUT2D eigenvalue weighted by atomic mass is 32.4. The molecular weight excluding hydrogens is 506 g/mol. The van der Waals surface area contributed by atoms with Crippen LogP contribution in [0.2, 0.25) is 0 Å². The van der Waals surface area contributed by atoms with Crippen LogP contribution in [0.3, 0.4) is 0 Å². The minimum atomic E-state index is -5.37. The maximum absolute atomic E-state index is 13.5. The Morgan fingerprint density at radius 2 is 1.47 bits per heavy atom. The van der Waals surface area contributed by atoms with E-state index in [0.29, 0.717) is 0 Å². The van der Waals surface area contributed by atoms with E-state index in [1.807, 2.05) is 0 Å². The fourth-order valence-electron chi connectivity index (χ4n) is 2.38. The number of nitrogens with zero attached hydrogens (tertiary/aromatic N) is 1. The highest BCUT2D eigenvalue weighted by molar-refractivity contribution is 7.97. The van der Waals surface area contributed by atoms with Gasteiger partial charge in [-0.3, -0.25) is 9.59 Å². The van der Waals surface area contributed by atoms with Gasteiger partial charge in [0.05, 0.1) is 14.0 Å². The quantitative estimate of drug-likeness (QED) is 0.215. The smallest absolute Gasteiger partial charge is 0.465 e. The maximum Gasteiger partial charge on any atom is 0.471 e. The third-order valence-corrected chi connectivity index (χ3v) is 5.84. The van der Waals surface area contributed by atoms with Crippen LogP contribution in [-0.2, 0) is 26.1 Å². The van der Waals surface area contributed by atoms with Crippen molar-refractivity contribution in [3.8, 4) is 11.5 Å². The molecule has 2 aromatic carbocycles. The molecule has 0 fully saturated rings. The Morgan fingerprint density at radius 3 is 1.84 bits per heavy atom. The molecular formula is C19H17F3NO5PS3. The number of thiol groups is 2. The number of carbonyl (C=O) groups is 2. The zero-order valence-electron chi connectivity index (χ0n) is 16.4. The first-order chi connectivity index (χ1) is 15.0. The molecule has 0 N–H and O–H groups in total. The highest BCUT2D eigenvalue weighted by Crippen LogP contribution is 2.40. The lowest BCUT2D eigenvalue weighted by atomic mass is 10.3. The summed E-state index contributed by atoms with van der Waals surface area (Å²) in [5.74, 6) is -3.59. The number of alkyl halides is 3. The molecule has 0 unspecified atom stereocenters. The Balaban J connectivity index is 2.68.